The minimum Gasteiger partial charge on any atom is -0.511 e. The standard InChI is InChI=1S/C29H52N2O6.C7H15NO3.C5H12.C4H8OS.C3H9NO.2C2H6.CH4O/c1-3-4-5-6-7-8-9-10-11-12-13-14-15-16-17-29(35)31-27(26(2)33)18-19-28(34)30-20-22-36-24-25-37-23-21-32;1-8-2-4-10-6-7-11-5-3-9;1-3-5-4-2;1-3(2)4(5)6;1-4-2-3-5;3*1-2/h3,21,27,33H,1-2,4-20,22-25H2,(H,30,34)(H,31,35);3,8H,2,4-7H2,1H3;3-5H2,1-2H3;3H,1-2H3,(H,5,6);4-5H,2-3H2,1H3;2*1-2H3;2H,1H3. The van der Waals surface area contributed by atoms with Gasteiger partial charge < -0.3 is 65.1 Å². The van der Waals surface area contributed by atoms with Crippen LogP contribution in [0, 0.1) is 5.92 Å². The van der Waals surface area contributed by atoms with Gasteiger partial charge in [0.25, 0.3) is 0 Å². The molecular formula is C53H112N4O12S. The number of amides is 2. The number of hydrogen-bond acceptors (Lipinski definition) is 14. The van der Waals surface area contributed by atoms with E-state index in [-0.39, 0.29) is 61.3 Å². The van der Waals surface area contributed by atoms with E-state index >= 15 is 0 Å². The van der Waals surface area contributed by atoms with Crippen LogP contribution >= 0.6 is 12.6 Å². The molecule has 0 aromatic rings. The maximum atomic E-state index is 12.2. The van der Waals surface area contributed by atoms with Crippen LogP contribution in [-0.2, 0) is 42.9 Å². The smallest absolute Gasteiger partial charge is 0.220 e. The summed E-state index contributed by atoms with van der Waals surface area (Å²) in [5, 5.41) is 36.0. The second kappa shape index (κ2) is 86.1. The third-order valence-electron chi connectivity index (χ3n) is 8.70. The number of carbonyl (C=O) groups excluding carboxylic acids is 5. The minimum absolute atomic E-state index is 0.0463. The summed E-state index contributed by atoms with van der Waals surface area (Å²) in [4.78, 5) is 54.1. The van der Waals surface area contributed by atoms with Crippen molar-refractivity contribution < 1.29 is 58.2 Å². The van der Waals surface area contributed by atoms with Crippen LogP contribution in [-0.4, -0.2) is 151 Å². The van der Waals surface area contributed by atoms with Crippen molar-refractivity contribution in [3.63, 3.8) is 0 Å². The molecule has 1 atom stereocenters. The second-order valence-electron chi connectivity index (χ2n) is 15.1. The van der Waals surface area contributed by atoms with Crippen molar-refractivity contribution in [2.45, 2.75) is 183 Å². The molecule has 16 nitrogen and oxygen atoms in total. The average molecular weight is 1030 g/mol. The molecule has 0 aliphatic rings. The van der Waals surface area contributed by atoms with Gasteiger partial charge in [0.15, 0.2) is 5.12 Å². The summed E-state index contributed by atoms with van der Waals surface area (Å²) in [6.07, 6.45) is 24.2. The molecule has 1 unspecified atom stereocenters. The molecule has 7 N–H and O–H groups in total. The molecule has 0 aromatic heterocycles. The fourth-order valence-electron chi connectivity index (χ4n) is 4.90. The lowest BCUT2D eigenvalue weighted by Gasteiger charge is -2.17. The van der Waals surface area contributed by atoms with Crippen LogP contribution in [0.4, 0.5) is 0 Å². The van der Waals surface area contributed by atoms with Gasteiger partial charge in [0.05, 0.1) is 52.3 Å². The maximum absolute atomic E-state index is 12.2. The van der Waals surface area contributed by atoms with E-state index in [4.69, 9.17) is 29.2 Å². The molecule has 422 valence electrons. The van der Waals surface area contributed by atoms with E-state index in [0.717, 1.165) is 45.6 Å². The maximum Gasteiger partial charge on any atom is 0.220 e. The van der Waals surface area contributed by atoms with Gasteiger partial charge in [-0.1, -0.05) is 152 Å². The highest BCUT2D eigenvalue weighted by Gasteiger charge is 2.16. The summed E-state index contributed by atoms with van der Waals surface area (Å²) >= 11 is 3.55. The Balaban J connectivity index is -0.000000156. The highest BCUT2D eigenvalue weighted by Crippen LogP contribution is 2.13. The van der Waals surface area contributed by atoms with E-state index in [1.165, 1.54) is 77.0 Å². The quantitative estimate of drug-likeness (QED) is 0.00940. The first kappa shape index (κ1) is 84.1. The third kappa shape index (κ3) is 98.7. The first-order chi connectivity index (χ1) is 33.9. The van der Waals surface area contributed by atoms with E-state index in [0.29, 0.717) is 65.4 Å². The van der Waals surface area contributed by atoms with E-state index in [1.807, 2.05) is 54.7 Å². The Kier molecular flexibility index (Phi) is 103. The summed E-state index contributed by atoms with van der Waals surface area (Å²) in [6, 6.07) is -0.633. The van der Waals surface area contributed by atoms with Crippen LogP contribution in [0.3, 0.4) is 0 Å². The highest BCUT2D eigenvalue weighted by atomic mass is 32.1. The molecule has 0 rings (SSSR count). The Bertz CT molecular complexity index is 1020. The zero-order valence-electron chi connectivity index (χ0n) is 46.7. The number of carbonyl (C=O) groups is 5. The molecule has 0 bridgehead atoms. The molecule has 0 fully saturated rings. The number of unbranched alkanes of at least 4 members (excludes halogenated alkanes) is 14. The van der Waals surface area contributed by atoms with E-state index < -0.39 is 6.04 Å². The number of likely N-dealkylation sites (N-methyl/N-ethyl adjacent to an activating group) is 2. The lowest BCUT2D eigenvalue weighted by atomic mass is 10.0. The zero-order valence-corrected chi connectivity index (χ0v) is 47.6. The monoisotopic (exact) mass is 1030 g/mol. The van der Waals surface area contributed by atoms with Crippen LogP contribution < -0.4 is 21.3 Å². The van der Waals surface area contributed by atoms with E-state index in [9.17, 15) is 29.1 Å². The molecule has 0 aliphatic heterocycles. The molecule has 0 radical (unpaired) electrons. The molecular weight excluding hydrogens is 917 g/mol. The predicted molar refractivity (Wildman–Crippen MR) is 296 cm³/mol. The molecule has 2 amide bonds. The van der Waals surface area contributed by atoms with Crippen molar-refractivity contribution in [2.75, 3.05) is 100 Å². The zero-order chi connectivity index (χ0) is 55.2. The van der Waals surface area contributed by atoms with Gasteiger partial charge in [0.1, 0.15) is 31.5 Å². The fourth-order valence-corrected chi connectivity index (χ4v) is 4.90. The molecule has 70 heavy (non-hydrogen) atoms. The Morgan fingerprint density at radius 1 is 0.614 bits per heavy atom. The molecule has 0 saturated carbocycles. The molecule has 0 heterocycles. The van der Waals surface area contributed by atoms with Gasteiger partial charge in [0.2, 0.25) is 11.8 Å². The largest absolute Gasteiger partial charge is 0.511 e. The molecule has 0 saturated heterocycles. The Morgan fingerprint density at radius 2 is 1.01 bits per heavy atom. The van der Waals surface area contributed by atoms with Gasteiger partial charge >= 0.3 is 0 Å². The predicted octanol–water partition coefficient (Wildman–Crippen LogP) is 8.91. The summed E-state index contributed by atoms with van der Waals surface area (Å²) < 4.78 is 20.2. The van der Waals surface area contributed by atoms with Crippen molar-refractivity contribution in [3.8, 4) is 0 Å². The topological polar surface area (TPSA) is 231 Å². The molecule has 17 heteroatoms. The van der Waals surface area contributed by atoms with Gasteiger partial charge in [-0.25, -0.2) is 0 Å². The van der Waals surface area contributed by atoms with Crippen LogP contribution in [0.5, 0.6) is 0 Å². The third-order valence-corrected chi connectivity index (χ3v) is 9.22. The van der Waals surface area contributed by atoms with Crippen LogP contribution in [0.2, 0.25) is 0 Å². The van der Waals surface area contributed by atoms with Crippen molar-refractivity contribution in [2.24, 2.45) is 5.92 Å². The summed E-state index contributed by atoms with van der Waals surface area (Å²) in [5.74, 6) is -0.381. The lowest BCUT2D eigenvalue weighted by Crippen LogP contribution is -2.37. The Morgan fingerprint density at radius 3 is 1.34 bits per heavy atom. The fraction of sp³-hybridized carbons (Fsp3) is 0.830. The number of ether oxygens (including phenoxy) is 4. The number of thiol groups is 1. The number of aliphatic hydroxyl groups is 3. The van der Waals surface area contributed by atoms with Crippen LogP contribution in [0.15, 0.2) is 25.0 Å². The Hall–Kier alpha value is -2.74. The summed E-state index contributed by atoms with van der Waals surface area (Å²) in [6.45, 7) is 28.4. The summed E-state index contributed by atoms with van der Waals surface area (Å²) in [5.41, 5.74) is 0. The number of hydrogen-bond donors (Lipinski definition) is 8. The Labute approximate surface area is 434 Å². The number of aldehydes is 2. The second-order valence-corrected chi connectivity index (χ2v) is 15.5. The van der Waals surface area contributed by atoms with Gasteiger partial charge in [-0.2, -0.15) is 0 Å². The minimum atomic E-state index is -0.633. The number of allylic oxidation sites excluding steroid dienone is 1. The van der Waals surface area contributed by atoms with Crippen molar-refractivity contribution in [3.05, 3.63) is 25.0 Å². The average Bonchev–Trinajstić information content (AvgIpc) is 3.36. The number of aliphatic hydroxyl groups excluding tert-OH is 3. The van der Waals surface area contributed by atoms with Crippen LogP contribution in [0.1, 0.15) is 177 Å². The molecule has 0 aliphatic carbocycles. The van der Waals surface area contributed by atoms with Gasteiger partial charge in [-0.05, 0) is 39.8 Å². The van der Waals surface area contributed by atoms with Gasteiger partial charge in [0, 0.05) is 45.5 Å². The number of rotatable bonds is 41. The summed E-state index contributed by atoms with van der Waals surface area (Å²) in [7, 11) is 4.67. The van der Waals surface area contributed by atoms with E-state index in [2.05, 4.69) is 60.9 Å². The first-order valence-electron chi connectivity index (χ1n) is 26.2. The SMILES string of the molecule is C=CCCCCCCCCCCCCCCC(=O)NC(CCC(=O)NCCOCCOCC=O)C(=C)O.CC.CC.CC(C)C(=O)S.CCCCC.CNCCO.CNCCOCCOCC=O.CO. The lowest BCUT2D eigenvalue weighted by molar-refractivity contribution is -0.123. The van der Waals surface area contributed by atoms with Gasteiger partial charge in [-0.3, -0.25) is 14.4 Å². The van der Waals surface area contributed by atoms with E-state index in [1.54, 1.807) is 7.05 Å². The van der Waals surface area contributed by atoms with Crippen molar-refractivity contribution in [1.29, 1.82) is 0 Å². The molecule has 0 aromatic carbocycles. The van der Waals surface area contributed by atoms with Crippen molar-refractivity contribution in [1.82, 2.24) is 21.3 Å². The highest BCUT2D eigenvalue weighted by molar-refractivity contribution is 7.96. The van der Waals surface area contributed by atoms with Crippen LogP contribution in [0.25, 0.3) is 0 Å². The number of nitrogens with one attached hydrogen (secondary N) is 4. The normalized spacial score (nSPS) is 9.93. The first-order valence-corrected chi connectivity index (χ1v) is 26.6. The van der Waals surface area contributed by atoms with Crippen molar-refractivity contribution >= 4 is 42.1 Å². The molecule has 0 spiro atoms. The van der Waals surface area contributed by atoms with Gasteiger partial charge in [-0.15, -0.1) is 19.2 Å².